The minimum atomic E-state index is -4.24. The van der Waals surface area contributed by atoms with Gasteiger partial charge < -0.3 is 5.73 Å². The van der Waals surface area contributed by atoms with Crippen LogP contribution in [0, 0.1) is 5.92 Å². The second-order valence-electron chi connectivity index (χ2n) is 3.87. The van der Waals surface area contributed by atoms with Gasteiger partial charge in [0.2, 0.25) is 0 Å². The van der Waals surface area contributed by atoms with Crippen LogP contribution in [-0.2, 0) is 14.9 Å². The van der Waals surface area contributed by atoms with Gasteiger partial charge in [-0.3, -0.25) is 9.35 Å². The number of carbonyl (C=O) groups excluding carboxylic acids is 1. The van der Waals surface area contributed by atoms with Gasteiger partial charge in [-0.05, 0) is 31.2 Å². The Kier molecular flexibility index (Phi) is 2.83. The average molecular weight is 269 g/mol. The molecule has 3 N–H and O–H groups in total. The summed E-state index contributed by atoms with van der Waals surface area (Å²) < 4.78 is 30.5. The van der Waals surface area contributed by atoms with Gasteiger partial charge in [0.25, 0.3) is 16.0 Å². The lowest BCUT2D eigenvalue weighted by Crippen LogP contribution is -2.27. The van der Waals surface area contributed by atoms with E-state index in [1.54, 1.807) is 6.92 Å². The zero-order valence-corrected chi connectivity index (χ0v) is 10.3. The fraction of sp³-hybridized carbons (Fsp3) is 0.200. The number of hydrogen-bond acceptors (Lipinski definition) is 5. The molecule has 1 aliphatic heterocycles. The van der Waals surface area contributed by atoms with Gasteiger partial charge in [-0.25, -0.2) is 0 Å². The Hall–Kier alpha value is -1.93. The van der Waals surface area contributed by atoms with Gasteiger partial charge in [0, 0.05) is 0 Å². The maximum absolute atomic E-state index is 11.8. The maximum atomic E-state index is 11.8. The predicted molar refractivity (Wildman–Crippen MR) is 64.5 cm³/mol. The Morgan fingerprint density at radius 3 is 2.28 bits per heavy atom. The third-order valence-corrected chi connectivity index (χ3v) is 3.49. The van der Waals surface area contributed by atoms with Crippen LogP contribution in [0.3, 0.4) is 0 Å². The number of carbonyl (C=O) groups is 1. The van der Waals surface area contributed by atoms with E-state index in [0.29, 0.717) is 5.69 Å². The molecule has 1 aromatic carbocycles. The summed E-state index contributed by atoms with van der Waals surface area (Å²) in [5.41, 5.74) is 5.94. The zero-order chi connectivity index (χ0) is 13.5. The highest BCUT2D eigenvalue weighted by atomic mass is 32.2. The molecule has 0 saturated heterocycles. The lowest BCUT2D eigenvalue weighted by molar-refractivity contribution is -0.119. The Balaban J connectivity index is 2.35. The minimum Gasteiger partial charge on any atom is -0.385 e. The van der Waals surface area contributed by atoms with Crippen LogP contribution in [0.2, 0.25) is 0 Å². The first-order valence-electron chi connectivity index (χ1n) is 5.06. The van der Waals surface area contributed by atoms with E-state index < -0.39 is 16.0 Å². The molecule has 0 spiro atoms. The van der Waals surface area contributed by atoms with Crippen molar-refractivity contribution in [3.63, 3.8) is 0 Å². The first kappa shape index (κ1) is 12.5. The zero-order valence-electron chi connectivity index (χ0n) is 9.44. The van der Waals surface area contributed by atoms with Crippen LogP contribution in [0.15, 0.2) is 34.3 Å². The van der Waals surface area contributed by atoms with Crippen LogP contribution >= 0.6 is 0 Å². The largest absolute Gasteiger partial charge is 0.385 e. The Morgan fingerprint density at radius 1 is 1.33 bits per heavy atom. The molecular formula is C10H11N3O4S. The van der Waals surface area contributed by atoms with E-state index in [2.05, 4.69) is 5.10 Å². The molecule has 1 atom stereocenters. The van der Waals surface area contributed by atoms with E-state index >= 15 is 0 Å². The van der Waals surface area contributed by atoms with Crippen LogP contribution in [0.4, 0.5) is 5.69 Å². The third-order valence-electron chi connectivity index (χ3n) is 2.62. The van der Waals surface area contributed by atoms with Crippen molar-refractivity contribution in [3.05, 3.63) is 24.3 Å². The molecule has 1 unspecified atom stereocenters. The van der Waals surface area contributed by atoms with Gasteiger partial charge in [-0.2, -0.15) is 18.5 Å². The number of hydrogen-bond donors (Lipinski definition) is 2. The summed E-state index contributed by atoms with van der Waals surface area (Å²) in [5, 5.41) is 4.98. The van der Waals surface area contributed by atoms with Gasteiger partial charge in [-0.15, -0.1) is 0 Å². The van der Waals surface area contributed by atoms with Gasteiger partial charge in [0.05, 0.1) is 16.5 Å². The van der Waals surface area contributed by atoms with Crippen LogP contribution in [0.5, 0.6) is 0 Å². The number of hydrazone groups is 1. The Bertz CT molecular complexity index is 621. The van der Waals surface area contributed by atoms with E-state index in [4.69, 9.17) is 10.3 Å². The second kappa shape index (κ2) is 4.07. The number of benzene rings is 1. The highest BCUT2D eigenvalue weighted by Crippen LogP contribution is 2.23. The SMILES string of the molecule is CC1C(=O)N(c2ccc(S(=O)(=O)O)cc2)N=C1N. The van der Waals surface area contributed by atoms with Crippen molar-refractivity contribution >= 4 is 27.5 Å². The van der Waals surface area contributed by atoms with Gasteiger partial charge in [0.15, 0.2) is 0 Å². The molecule has 8 heteroatoms. The molecule has 1 aliphatic rings. The van der Waals surface area contributed by atoms with Crippen molar-refractivity contribution in [2.75, 3.05) is 5.01 Å². The molecule has 7 nitrogen and oxygen atoms in total. The molecule has 0 aliphatic carbocycles. The highest BCUT2D eigenvalue weighted by Gasteiger charge is 2.31. The first-order chi connectivity index (χ1) is 8.30. The number of anilines is 1. The normalized spacial score (nSPS) is 20.1. The second-order valence-corrected chi connectivity index (χ2v) is 5.29. The molecule has 18 heavy (non-hydrogen) atoms. The lowest BCUT2D eigenvalue weighted by atomic mass is 10.1. The van der Waals surface area contributed by atoms with E-state index in [0.717, 1.165) is 5.01 Å². The molecule has 96 valence electrons. The van der Waals surface area contributed by atoms with Crippen LogP contribution in [0.25, 0.3) is 0 Å². The topological polar surface area (TPSA) is 113 Å². The highest BCUT2D eigenvalue weighted by molar-refractivity contribution is 7.85. The molecular weight excluding hydrogens is 258 g/mol. The fourth-order valence-corrected chi connectivity index (χ4v) is 1.99. The Morgan fingerprint density at radius 2 is 1.89 bits per heavy atom. The van der Waals surface area contributed by atoms with Crippen LogP contribution in [-0.4, -0.2) is 24.7 Å². The van der Waals surface area contributed by atoms with Gasteiger partial charge in [0.1, 0.15) is 5.84 Å². The number of amidine groups is 1. The first-order valence-corrected chi connectivity index (χ1v) is 6.50. The summed E-state index contributed by atoms with van der Waals surface area (Å²) >= 11 is 0. The van der Waals surface area contributed by atoms with Gasteiger partial charge >= 0.3 is 0 Å². The summed E-state index contributed by atoms with van der Waals surface area (Å²) in [6.45, 7) is 1.63. The molecule has 0 fully saturated rings. The van der Waals surface area contributed by atoms with Crippen LogP contribution < -0.4 is 10.7 Å². The Labute approximate surface area is 104 Å². The average Bonchev–Trinajstić information content (AvgIpc) is 2.56. The van der Waals surface area contributed by atoms with Crippen molar-refractivity contribution in [2.45, 2.75) is 11.8 Å². The molecule has 0 radical (unpaired) electrons. The van der Waals surface area contributed by atoms with Crippen molar-refractivity contribution in [1.29, 1.82) is 0 Å². The molecule has 0 saturated carbocycles. The summed E-state index contributed by atoms with van der Waals surface area (Å²) in [7, 11) is -4.24. The van der Waals surface area contributed by atoms with Gasteiger partial charge in [-0.1, -0.05) is 0 Å². The van der Waals surface area contributed by atoms with E-state index in [9.17, 15) is 13.2 Å². The fourth-order valence-electron chi connectivity index (χ4n) is 1.51. The smallest absolute Gasteiger partial charge is 0.294 e. The summed E-state index contributed by atoms with van der Waals surface area (Å²) in [6.07, 6.45) is 0. The molecule has 1 amide bonds. The van der Waals surface area contributed by atoms with E-state index in [-0.39, 0.29) is 16.6 Å². The predicted octanol–water partition coefficient (Wildman–Crippen LogP) is 0.188. The molecule has 0 aromatic heterocycles. The van der Waals surface area contributed by atoms with E-state index in [1.165, 1.54) is 24.3 Å². The summed E-state index contributed by atoms with van der Waals surface area (Å²) in [5.74, 6) is -0.572. The van der Waals surface area contributed by atoms with Crippen molar-refractivity contribution in [1.82, 2.24) is 0 Å². The quantitative estimate of drug-likeness (QED) is 0.744. The molecule has 1 heterocycles. The number of nitrogens with two attached hydrogens (primary N) is 1. The molecule has 2 rings (SSSR count). The molecule has 1 aromatic rings. The summed E-state index contributed by atoms with van der Waals surface area (Å²) in [4.78, 5) is 11.5. The minimum absolute atomic E-state index is 0.207. The van der Waals surface area contributed by atoms with Crippen molar-refractivity contribution in [2.24, 2.45) is 16.8 Å². The number of amides is 1. The van der Waals surface area contributed by atoms with Crippen molar-refractivity contribution < 1.29 is 17.8 Å². The maximum Gasteiger partial charge on any atom is 0.294 e. The van der Waals surface area contributed by atoms with E-state index in [1.807, 2.05) is 0 Å². The third kappa shape index (κ3) is 2.07. The van der Waals surface area contributed by atoms with Crippen LogP contribution in [0.1, 0.15) is 6.92 Å². The monoisotopic (exact) mass is 269 g/mol. The molecule has 0 bridgehead atoms. The number of nitrogens with zero attached hydrogens (tertiary/aromatic N) is 2. The summed E-state index contributed by atoms with van der Waals surface area (Å²) in [6, 6.07) is 5.12. The van der Waals surface area contributed by atoms with Crippen molar-refractivity contribution in [3.8, 4) is 0 Å². The standard InChI is InChI=1S/C10H11N3O4S/c1-6-9(11)12-13(10(6)14)7-2-4-8(5-3-7)18(15,16)17/h2-6H,1H3,(H2,11,12)(H,15,16,17). The lowest BCUT2D eigenvalue weighted by Gasteiger charge is -2.12. The number of rotatable bonds is 2.